The SMILES string of the molecule is COCCOc1ccc(NC(=O)c2cccnc2N(C)C)cn1. The van der Waals surface area contributed by atoms with Crippen LogP contribution in [0.4, 0.5) is 11.5 Å². The molecule has 1 N–H and O–H groups in total. The number of carbonyl (C=O) groups is 1. The van der Waals surface area contributed by atoms with E-state index < -0.39 is 0 Å². The van der Waals surface area contributed by atoms with Gasteiger partial charge in [-0.3, -0.25) is 4.79 Å². The van der Waals surface area contributed by atoms with Crippen molar-refractivity contribution in [2.45, 2.75) is 0 Å². The fourth-order valence-electron chi connectivity index (χ4n) is 1.90. The second-order valence-corrected chi connectivity index (χ2v) is 4.95. The highest BCUT2D eigenvalue weighted by atomic mass is 16.5. The van der Waals surface area contributed by atoms with E-state index in [2.05, 4.69) is 15.3 Å². The number of amides is 1. The van der Waals surface area contributed by atoms with Crippen LogP contribution in [0.5, 0.6) is 5.88 Å². The predicted molar refractivity (Wildman–Crippen MR) is 88.1 cm³/mol. The summed E-state index contributed by atoms with van der Waals surface area (Å²) in [7, 11) is 5.29. The van der Waals surface area contributed by atoms with Crippen LogP contribution >= 0.6 is 0 Å². The molecule has 0 bridgehead atoms. The molecular weight excluding hydrogens is 296 g/mol. The normalized spacial score (nSPS) is 10.2. The Morgan fingerprint density at radius 3 is 2.70 bits per heavy atom. The number of anilines is 2. The Bertz CT molecular complexity index is 644. The van der Waals surface area contributed by atoms with Gasteiger partial charge in [0.1, 0.15) is 12.4 Å². The van der Waals surface area contributed by atoms with Gasteiger partial charge < -0.3 is 19.7 Å². The van der Waals surface area contributed by atoms with Crippen LogP contribution in [0.2, 0.25) is 0 Å². The molecule has 0 unspecified atom stereocenters. The maximum absolute atomic E-state index is 12.4. The molecule has 1 amide bonds. The molecule has 23 heavy (non-hydrogen) atoms. The van der Waals surface area contributed by atoms with Gasteiger partial charge in [0, 0.05) is 33.5 Å². The summed E-state index contributed by atoms with van der Waals surface area (Å²) in [5.74, 6) is 0.851. The molecule has 2 aromatic rings. The highest BCUT2D eigenvalue weighted by Gasteiger charge is 2.14. The lowest BCUT2D eigenvalue weighted by molar-refractivity contribution is 0.102. The molecule has 0 aliphatic carbocycles. The van der Waals surface area contributed by atoms with Crippen LogP contribution in [0, 0.1) is 0 Å². The third kappa shape index (κ3) is 4.65. The fourth-order valence-corrected chi connectivity index (χ4v) is 1.90. The van der Waals surface area contributed by atoms with Gasteiger partial charge in [-0.1, -0.05) is 0 Å². The van der Waals surface area contributed by atoms with E-state index in [0.717, 1.165) is 0 Å². The van der Waals surface area contributed by atoms with E-state index >= 15 is 0 Å². The molecule has 0 aromatic carbocycles. The number of nitrogens with one attached hydrogen (secondary N) is 1. The molecule has 7 nitrogen and oxygen atoms in total. The second kappa shape index (κ2) is 8.09. The average Bonchev–Trinajstić information content (AvgIpc) is 2.56. The first kappa shape index (κ1) is 16.7. The standard InChI is InChI=1S/C16H20N4O3/c1-20(2)15-13(5-4-8-17-15)16(21)19-12-6-7-14(18-11-12)23-10-9-22-3/h4-8,11H,9-10H2,1-3H3,(H,19,21). The van der Waals surface area contributed by atoms with Crippen LogP contribution in [0.15, 0.2) is 36.7 Å². The van der Waals surface area contributed by atoms with Crippen LogP contribution in [0.3, 0.4) is 0 Å². The lowest BCUT2D eigenvalue weighted by Gasteiger charge is -2.15. The lowest BCUT2D eigenvalue weighted by atomic mass is 10.2. The number of nitrogens with zero attached hydrogens (tertiary/aromatic N) is 3. The number of ether oxygens (including phenoxy) is 2. The third-order valence-electron chi connectivity index (χ3n) is 2.99. The number of pyridine rings is 2. The van der Waals surface area contributed by atoms with Gasteiger partial charge in [-0.2, -0.15) is 0 Å². The topological polar surface area (TPSA) is 76.6 Å². The Labute approximate surface area is 135 Å². The molecule has 0 aliphatic heterocycles. The molecule has 2 rings (SSSR count). The highest BCUT2D eigenvalue weighted by molar-refractivity contribution is 6.07. The van der Waals surface area contributed by atoms with Crippen LogP contribution in [-0.4, -0.2) is 50.3 Å². The summed E-state index contributed by atoms with van der Waals surface area (Å²) in [6.45, 7) is 0.922. The van der Waals surface area contributed by atoms with Crippen LogP contribution in [-0.2, 0) is 4.74 Å². The van der Waals surface area contributed by atoms with E-state index in [4.69, 9.17) is 9.47 Å². The number of methoxy groups -OCH3 is 1. The van der Waals surface area contributed by atoms with Gasteiger partial charge in [0.25, 0.3) is 5.91 Å². The zero-order chi connectivity index (χ0) is 16.7. The summed E-state index contributed by atoms with van der Waals surface area (Å²) >= 11 is 0. The van der Waals surface area contributed by atoms with Crippen molar-refractivity contribution in [2.75, 3.05) is 44.6 Å². The summed E-state index contributed by atoms with van der Waals surface area (Å²) in [6.07, 6.45) is 3.20. The van der Waals surface area contributed by atoms with Gasteiger partial charge in [-0.15, -0.1) is 0 Å². The summed E-state index contributed by atoms with van der Waals surface area (Å²) in [4.78, 5) is 22.5. The maximum atomic E-state index is 12.4. The summed E-state index contributed by atoms with van der Waals surface area (Å²) in [5, 5.41) is 2.80. The van der Waals surface area contributed by atoms with Crippen molar-refractivity contribution in [3.8, 4) is 5.88 Å². The predicted octanol–water partition coefficient (Wildman–Crippen LogP) is 1.82. The van der Waals surface area contributed by atoms with E-state index in [9.17, 15) is 4.79 Å². The molecule has 2 aromatic heterocycles. The molecule has 2 heterocycles. The number of aromatic nitrogens is 2. The Kier molecular flexibility index (Phi) is 5.87. The van der Waals surface area contributed by atoms with Crippen LogP contribution < -0.4 is 15.0 Å². The minimum atomic E-state index is -0.239. The first-order chi connectivity index (χ1) is 11.1. The molecule has 0 aliphatic rings. The monoisotopic (exact) mass is 316 g/mol. The summed E-state index contributed by atoms with van der Waals surface area (Å²) < 4.78 is 10.3. The first-order valence-electron chi connectivity index (χ1n) is 7.13. The second-order valence-electron chi connectivity index (χ2n) is 4.95. The minimum Gasteiger partial charge on any atom is -0.475 e. The Morgan fingerprint density at radius 1 is 1.22 bits per heavy atom. The van der Waals surface area contributed by atoms with Gasteiger partial charge in [0.15, 0.2) is 0 Å². The average molecular weight is 316 g/mol. The maximum Gasteiger partial charge on any atom is 0.259 e. The van der Waals surface area contributed by atoms with Crippen molar-refractivity contribution in [1.82, 2.24) is 9.97 Å². The Balaban J connectivity index is 2.03. The Hall–Kier alpha value is -2.67. The van der Waals surface area contributed by atoms with E-state index in [1.807, 2.05) is 14.1 Å². The number of carbonyl (C=O) groups excluding carboxylic acids is 1. The lowest BCUT2D eigenvalue weighted by Crippen LogP contribution is -2.19. The first-order valence-corrected chi connectivity index (χ1v) is 7.13. The van der Waals surface area contributed by atoms with Crippen LogP contribution in [0.25, 0.3) is 0 Å². The molecule has 122 valence electrons. The Morgan fingerprint density at radius 2 is 2.04 bits per heavy atom. The van der Waals surface area contributed by atoms with Crippen molar-refractivity contribution in [1.29, 1.82) is 0 Å². The fraction of sp³-hybridized carbons (Fsp3) is 0.312. The van der Waals surface area contributed by atoms with Crippen molar-refractivity contribution >= 4 is 17.4 Å². The largest absolute Gasteiger partial charge is 0.475 e. The zero-order valence-electron chi connectivity index (χ0n) is 13.4. The molecule has 0 fully saturated rings. The number of hydrogen-bond donors (Lipinski definition) is 1. The summed E-state index contributed by atoms with van der Waals surface area (Å²) in [6, 6.07) is 6.89. The smallest absolute Gasteiger partial charge is 0.259 e. The summed E-state index contributed by atoms with van der Waals surface area (Å²) in [5.41, 5.74) is 1.08. The third-order valence-corrected chi connectivity index (χ3v) is 2.99. The molecule has 0 saturated carbocycles. The van der Waals surface area contributed by atoms with E-state index in [-0.39, 0.29) is 5.91 Å². The van der Waals surface area contributed by atoms with Gasteiger partial charge in [-0.05, 0) is 18.2 Å². The van der Waals surface area contributed by atoms with Crippen molar-refractivity contribution < 1.29 is 14.3 Å². The number of rotatable bonds is 7. The molecule has 7 heteroatoms. The van der Waals surface area contributed by atoms with Gasteiger partial charge in [-0.25, -0.2) is 9.97 Å². The van der Waals surface area contributed by atoms with Gasteiger partial charge in [0.2, 0.25) is 5.88 Å². The molecule has 0 spiro atoms. The molecule has 0 atom stereocenters. The molecular formula is C16H20N4O3. The molecule has 0 saturated heterocycles. The zero-order valence-corrected chi connectivity index (χ0v) is 13.4. The van der Waals surface area contributed by atoms with Crippen molar-refractivity contribution in [2.24, 2.45) is 0 Å². The van der Waals surface area contributed by atoms with Crippen LogP contribution in [0.1, 0.15) is 10.4 Å². The quantitative estimate of drug-likeness (QED) is 0.785. The van der Waals surface area contributed by atoms with E-state index in [1.165, 1.54) is 0 Å². The minimum absolute atomic E-state index is 0.239. The van der Waals surface area contributed by atoms with E-state index in [1.54, 1.807) is 48.7 Å². The molecule has 0 radical (unpaired) electrons. The highest BCUT2D eigenvalue weighted by Crippen LogP contribution is 2.17. The van der Waals surface area contributed by atoms with Crippen molar-refractivity contribution in [3.05, 3.63) is 42.2 Å². The van der Waals surface area contributed by atoms with Gasteiger partial charge >= 0.3 is 0 Å². The number of hydrogen-bond acceptors (Lipinski definition) is 6. The van der Waals surface area contributed by atoms with Gasteiger partial charge in [0.05, 0.1) is 24.1 Å². The van der Waals surface area contributed by atoms with Crippen molar-refractivity contribution in [3.63, 3.8) is 0 Å². The van der Waals surface area contributed by atoms with E-state index in [0.29, 0.717) is 36.2 Å².